The molecule has 0 unspecified atom stereocenters. The van der Waals surface area contributed by atoms with E-state index in [1.165, 1.54) is 16.4 Å². The molecular weight excluding hydrogens is 439 g/mol. The van der Waals surface area contributed by atoms with Crippen LogP contribution >= 0.6 is 0 Å². The smallest absolute Gasteiger partial charge is 0.243 e. The Hall–Kier alpha value is -3.03. The number of hydrogen-bond acceptors (Lipinski definition) is 3. The van der Waals surface area contributed by atoms with E-state index in [1.807, 2.05) is 61.5 Å². The summed E-state index contributed by atoms with van der Waals surface area (Å²) in [5, 5.41) is 3.16. The molecule has 1 N–H and O–H groups in total. The first-order valence-electron chi connectivity index (χ1n) is 11.0. The van der Waals surface area contributed by atoms with Gasteiger partial charge in [0.2, 0.25) is 15.9 Å². The van der Waals surface area contributed by atoms with Gasteiger partial charge >= 0.3 is 0 Å². The molecule has 1 amide bonds. The molecule has 5 nitrogen and oxygen atoms in total. The van der Waals surface area contributed by atoms with Gasteiger partial charge in [-0.1, -0.05) is 60.2 Å². The van der Waals surface area contributed by atoms with Crippen LogP contribution in [0.15, 0.2) is 83.8 Å². The SMILES string of the molecule is Cc1cccc([C@@H](NC(=O)[C@@H]2CCCN(S(=O)(=O)c3ccc(F)cc3)C2)c2ccccc2)c1. The minimum atomic E-state index is -3.80. The zero-order valence-corrected chi connectivity index (χ0v) is 19.3. The van der Waals surface area contributed by atoms with Crippen LogP contribution < -0.4 is 5.32 Å². The molecule has 0 saturated carbocycles. The number of rotatable bonds is 6. The maximum Gasteiger partial charge on any atom is 0.243 e. The van der Waals surface area contributed by atoms with Gasteiger partial charge in [0.1, 0.15) is 5.82 Å². The maximum absolute atomic E-state index is 13.3. The molecule has 0 aliphatic carbocycles. The van der Waals surface area contributed by atoms with E-state index >= 15 is 0 Å². The third-order valence-electron chi connectivity index (χ3n) is 6.00. The van der Waals surface area contributed by atoms with E-state index in [-0.39, 0.29) is 23.4 Å². The molecule has 3 aromatic carbocycles. The average molecular weight is 467 g/mol. The first-order valence-corrected chi connectivity index (χ1v) is 12.5. The number of piperidine rings is 1. The Balaban J connectivity index is 1.54. The van der Waals surface area contributed by atoms with Crippen molar-refractivity contribution in [1.29, 1.82) is 0 Å². The average Bonchev–Trinajstić information content (AvgIpc) is 2.83. The molecule has 1 aliphatic heterocycles. The normalized spacial score (nSPS) is 17.9. The van der Waals surface area contributed by atoms with E-state index in [1.54, 1.807) is 0 Å². The van der Waals surface area contributed by atoms with Gasteiger partial charge in [-0.25, -0.2) is 12.8 Å². The Morgan fingerprint density at radius 1 is 1.00 bits per heavy atom. The number of aryl methyl sites for hydroxylation is 1. The molecule has 1 heterocycles. The van der Waals surface area contributed by atoms with Crippen LogP contribution in [0.3, 0.4) is 0 Å². The first kappa shape index (κ1) is 23.1. The molecule has 0 radical (unpaired) electrons. The molecule has 1 saturated heterocycles. The highest BCUT2D eigenvalue weighted by molar-refractivity contribution is 7.89. The Morgan fingerprint density at radius 3 is 2.39 bits per heavy atom. The number of nitrogens with one attached hydrogen (secondary N) is 1. The van der Waals surface area contributed by atoms with Gasteiger partial charge in [-0.15, -0.1) is 0 Å². The van der Waals surface area contributed by atoms with Crippen molar-refractivity contribution in [1.82, 2.24) is 9.62 Å². The maximum atomic E-state index is 13.3. The standard InChI is InChI=1S/C26H27FN2O3S/c1-19-7-5-10-21(17-19)25(20-8-3-2-4-9-20)28-26(30)22-11-6-16-29(18-22)33(31,32)24-14-12-23(27)13-15-24/h2-5,7-10,12-15,17,22,25H,6,11,16,18H2,1H3,(H,28,30)/t22-,25+/m1/s1. The molecular formula is C26H27FN2O3S. The second-order valence-corrected chi connectivity index (χ2v) is 10.4. The molecule has 0 aromatic heterocycles. The first-order chi connectivity index (χ1) is 15.8. The van der Waals surface area contributed by atoms with Crippen molar-refractivity contribution in [2.75, 3.05) is 13.1 Å². The lowest BCUT2D eigenvalue weighted by Crippen LogP contribution is -2.46. The van der Waals surface area contributed by atoms with Crippen molar-refractivity contribution < 1.29 is 17.6 Å². The van der Waals surface area contributed by atoms with Gasteiger partial charge < -0.3 is 5.32 Å². The van der Waals surface area contributed by atoms with Crippen LogP contribution in [0, 0.1) is 18.7 Å². The van der Waals surface area contributed by atoms with E-state index in [2.05, 4.69) is 5.32 Å². The molecule has 1 fully saturated rings. The van der Waals surface area contributed by atoms with Crippen molar-refractivity contribution in [2.45, 2.75) is 30.7 Å². The number of benzene rings is 3. The Bertz CT molecular complexity index is 1210. The highest BCUT2D eigenvalue weighted by Gasteiger charge is 2.34. The van der Waals surface area contributed by atoms with Gasteiger partial charge in [0, 0.05) is 13.1 Å². The second-order valence-electron chi connectivity index (χ2n) is 8.42. The summed E-state index contributed by atoms with van der Waals surface area (Å²) in [6, 6.07) is 22.2. The van der Waals surface area contributed by atoms with E-state index in [4.69, 9.17) is 0 Å². The van der Waals surface area contributed by atoms with Crippen molar-refractivity contribution in [3.63, 3.8) is 0 Å². The fourth-order valence-corrected chi connectivity index (χ4v) is 5.77. The molecule has 0 spiro atoms. The van der Waals surface area contributed by atoms with Crippen LogP contribution in [-0.2, 0) is 14.8 Å². The largest absolute Gasteiger partial charge is 0.345 e. The number of sulfonamides is 1. The second kappa shape index (κ2) is 9.85. The number of hydrogen-bond donors (Lipinski definition) is 1. The van der Waals surface area contributed by atoms with Gasteiger partial charge in [0.25, 0.3) is 0 Å². The summed E-state index contributed by atoms with van der Waals surface area (Å²) in [6.45, 7) is 2.44. The molecule has 3 aromatic rings. The lowest BCUT2D eigenvalue weighted by atomic mass is 9.94. The van der Waals surface area contributed by atoms with E-state index in [0.717, 1.165) is 28.8 Å². The summed E-state index contributed by atoms with van der Waals surface area (Å²) >= 11 is 0. The summed E-state index contributed by atoms with van der Waals surface area (Å²) in [6.07, 6.45) is 1.19. The topological polar surface area (TPSA) is 66.5 Å². The fourth-order valence-electron chi connectivity index (χ4n) is 4.24. The predicted molar refractivity (Wildman–Crippen MR) is 125 cm³/mol. The molecule has 7 heteroatoms. The molecule has 2 atom stereocenters. The van der Waals surface area contributed by atoms with Gasteiger partial charge in [0.05, 0.1) is 16.9 Å². The van der Waals surface area contributed by atoms with Gasteiger partial charge in [0.15, 0.2) is 0 Å². The van der Waals surface area contributed by atoms with Gasteiger partial charge in [-0.3, -0.25) is 4.79 Å². The summed E-state index contributed by atoms with van der Waals surface area (Å²) in [5.74, 6) is -1.14. The monoisotopic (exact) mass is 466 g/mol. The summed E-state index contributed by atoms with van der Waals surface area (Å²) in [5.41, 5.74) is 3.03. The predicted octanol–water partition coefficient (Wildman–Crippen LogP) is 4.44. The molecule has 172 valence electrons. The number of carbonyl (C=O) groups is 1. The van der Waals surface area contributed by atoms with E-state index in [0.29, 0.717) is 19.4 Å². The van der Waals surface area contributed by atoms with Gasteiger partial charge in [-0.2, -0.15) is 4.31 Å². The summed E-state index contributed by atoms with van der Waals surface area (Å²) in [7, 11) is -3.80. The van der Waals surface area contributed by atoms with Crippen LogP contribution in [-0.4, -0.2) is 31.7 Å². The minimum absolute atomic E-state index is 0.0341. The lowest BCUT2D eigenvalue weighted by molar-refractivity contribution is -0.126. The minimum Gasteiger partial charge on any atom is -0.345 e. The zero-order valence-electron chi connectivity index (χ0n) is 18.4. The molecule has 0 bridgehead atoms. The van der Waals surface area contributed by atoms with E-state index in [9.17, 15) is 17.6 Å². The number of nitrogens with zero attached hydrogens (tertiary/aromatic N) is 1. The summed E-state index contributed by atoms with van der Waals surface area (Å²) < 4.78 is 40.7. The Morgan fingerprint density at radius 2 is 1.70 bits per heavy atom. The highest BCUT2D eigenvalue weighted by Crippen LogP contribution is 2.27. The van der Waals surface area contributed by atoms with Crippen molar-refractivity contribution in [2.24, 2.45) is 5.92 Å². The number of amides is 1. The lowest BCUT2D eigenvalue weighted by Gasteiger charge is -2.32. The van der Waals surface area contributed by atoms with Crippen LogP contribution in [0.5, 0.6) is 0 Å². The third-order valence-corrected chi connectivity index (χ3v) is 7.88. The van der Waals surface area contributed by atoms with E-state index < -0.39 is 21.8 Å². The fraction of sp³-hybridized carbons (Fsp3) is 0.269. The Kier molecular flexibility index (Phi) is 6.91. The van der Waals surface area contributed by atoms with Crippen LogP contribution in [0.25, 0.3) is 0 Å². The highest BCUT2D eigenvalue weighted by atomic mass is 32.2. The quantitative estimate of drug-likeness (QED) is 0.584. The van der Waals surface area contributed by atoms with Crippen molar-refractivity contribution in [3.8, 4) is 0 Å². The number of halogens is 1. The summed E-state index contributed by atoms with van der Waals surface area (Å²) in [4.78, 5) is 13.3. The number of carbonyl (C=O) groups excluding carboxylic acids is 1. The van der Waals surface area contributed by atoms with Crippen LogP contribution in [0.2, 0.25) is 0 Å². The van der Waals surface area contributed by atoms with Crippen molar-refractivity contribution in [3.05, 3.63) is 101 Å². The molecule has 33 heavy (non-hydrogen) atoms. The molecule has 1 aliphatic rings. The van der Waals surface area contributed by atoms with Crippen LogP contribution in [0.1, 0.15) is 35.6 Å². The molecule has 4 rings (SSSR count). The van der Waals surface area contributed by atoms with Crippen molar-refractivity contribution >= 4 is 15.9 Å². The zero-order chi connectivity index (χ0) is 23.4. The van der Waals surface area contributed by atoms with Gasteiger partial charge in [-0.05, 0) is 55.2 Å². The van der Waals surface area contributed by atoms with Crippen LogP contribution in [0.4, 0.5) is 4.39 Å². The Labute approximate surface area is 194 Å². The third kappa shape index (κ3) is 5.31.